The first-order valence-electron chi connectivity index (χ1n) is 5.09. The maximum atomic E-state index is 8.87. The summed E-state index contributed by atoms with van der Waals surface area (Å²) in [5.74, 6) is 0.863. The average Bonchev–Trinajstić information content (AvgIpc) is 2.04. The van der Waals surface area contributed by atoms with Crippen LogP contribution in [0.25, 0.3) is 0 Å². The Morgan fingerprint density at radius 2 is 2.25 bits per heavy atom. The van der Waals surface area contributed by atoms with Crippen molar-refractivity contribution < 1.29 is 5.11 Å². The standard InChI is InChI=1S/C10H21NO/c1-8-4-3-5-10(6-8)11-9(2)7-12/h8-12H,3-7H2,1-2H3/t8?,9-,10?/m0/s1. The molecule has 0 saturated heterocycles. The van der Waals surface area contributed by atoms with E-state index >= 15 is 0 Å². The molecule has 72 valence electrons. The average molecular weight is 171 g/mol. The van der Waals surface area contributed by atoms with Crippen molar-refractivity contribution in [1.82, 2.24) is 5.32 Å². The first-order chi connectivity index (χ1) is 5.72. The lowest BCUT2D eigenvalue weighted by molar-refractivity contribution is 0.215. The van der Waals surface area contributed by atoms with Crippen LogP contribution < -0.4 is 5.32 Å². The van der Waals surface area contributed by atoms with Gasteiger partial charge in [-0.2, -0.15) is 0 Å². The van der Waals surface area contributed by atoms with Crippen molar-refractivity contribution in [2.75, 3.05) is 6.61 Å². The Morgan fingerprint density at radius 3 is 2.83 bits per heavy atom. The van der Waals surface area contributed by atoms with Gasteiger partial charge in [0.1, 0.15) is 0 Å². The molecule has 1 aliphatic rings. The fourth-order valence-electron chi connectivity index (χ4n) is 2.04. The molecule has 0 aliphatic heterocycles. The van der Waals surface area contributed by atoms with Gasteiger partial charge in [0.15, 0.2) is 0 Å². The van der Waals surface area contributed by atoms with Gasteiger partial charge in [-0.3, -0.25) is 0 Å². The fraction of sp³-hybridized carbons (Fsp3) is 1.00. The highest BCUT2D eigenvalue weighted by atomic mass is 16.3. The van der Waals surface area contributed by atoms with E-state index in [9.17, 15) is 0 Å². The van der Waals surface area contributed by atoms with Crippen molar-refractivity contribution in [2.45, 2.75) is 51.6 Å². The summed E-state index contributed by atoms with van der Waals surface area (Å²) in [6, 6.07) is 0.913. The topological polar surface area (TPSA) is 32.3 Å². The number of hydrogen-bond acceptors (Lipinski definition) is 2. The van der Waals surface area contributed by atoms with Crippen LogP contribution in [0.4, 0.5) is 0 Å². The molecule has 2 unspecified atom stereocenters. The molecule has 2 nitrogen and oxygen atoms in total. The minimum Gasteiger partial charge on any atom is -0.395 e. The van der Waals surface area contributed by atoms with Crippen LogP contribution >= 0.6 is 0 Å². The van der Waals surface area contributed by atoms with E-state index in [-0.39, 0.29) is 12.6 Å². The molecule has 0 bridgehead atoms. The molecular formula is C10H21NO. The maximum Gasteiger partial charge on any atom is 0.0582 e. The van der Waals surface area contributed by atoms with Crippen molar-refractivity contribution in [1.29, 1.82) is 0 Å². The molecule has 0 spiro atoms. The van der Waals surface area contributed by atoms with Gasteiger partial charge in [0, 0.05) is 12.1 Å². The monoisotopic (exact) mass is 171 g/mol. The second-order valence-electron chi connectivity index (χ2n) is 4.22. The lowest BCUT2D eigenvalue weighted by Crippen LogP contribution is -2.41. The van der Waals surface area contributed by atoms with Gasteiger partial charge < -0.3 is 10.4 Å². The first-order valence-corrected chi connectivity index (χ1v) is 5.09. The molecule has 1 fully saturated rings. The lowest BCUT2D eigenvalue weighted by Gasteiger charge is -2.29. The highest BCUT2D eigenvalue weighted by Gasteiger charge is 2.19. The second-order valence-corrected chi connectivity index (χ2v) is 4.22. The molecule has 0 aromatic carbocycles. The van der Waals surface area contributed by atoms with Crippen molar-refractivity contribution in [2.24, 2.45) is 5.92 Å². The van der Waals surface area contributed by atoms with E-state index in [1.807, 2.05) is 6.92 Å². The zero-order valence-corrected chi connectivity index (χ0v) is 8.21. The molecule has 0 aromatic rings. The van der Waals surface area contributed by atoms with Crippen LogP contribution in [-0.2, 0) is 0 Å². The van der Waals surface area contributed by atoms with Gasteiger partial charge in [-0.1, -0.05) is 19.8 Å². The van der Waals surface area contributed by atoms with E-state index in [4.69, 9.17) is 5.11 Å². The maximum absolute atomic E-state index is 8.87. The number of aliphatic hydroxyl groups is 1. The van der Waals surface area contributed by atoms with Gasteiger partial charge in [-0.05, 0) is 25.7 Å². The van der Waals surface area contributed by atoms with Crippen LogP contribution in [0.15, 0.2) is 0 Å². The number of hydrogen-bond donors (Lipinski definition) is 2. The number of nitrogens with one attached hydrogen (secondary N) is 1. The lowest BCUT2D eigenvalue weighted by atomic mass is 9.87. The van der Waals surface area contributed by atoms with Crippen molar-refractivity contribution in [3.8, 4) is 0 Å². The predicted octanol–water partition coefficient (Wildman–Crippen LogP) is 1.54. The molecule has 1 rings (SSSR count). The third kappa shape index (κ3) is 3.11. The molecule has 0 aromatic heterocycles. The quantitative estimate of drug-likeness (QED) is 0.675. The molecule has 2 N–H and O–H groups in total. The molecule has 1 saturated carbocycles. The Hall–Kier alpha value is -0.0800. The minimum absolute atomic E-state index is 0.255. The zero-order valence-electron chi connectivity index (χ0n) is 8.21. The molecule has 12 heavy (non-hydrogen) atoms. The molecular weight excluding hydrogens is 150 g/mol. The molecule has 3 atom stereocenters. The van der Waals surface area contributed by atoms with E-state index in [1.54, 1.807) is 0 Å². The van der Waals surface area contributed by atoms with Crippen molar-refractivity contribution in [3.05, 3.63) is 0 Å². The van der Waals surface area contributed by atoms with Crippen LogP contribution in [-0.4, -0.2) is 23.8 Å². The number of aliphatic hydroxyl groups excluding tert-OH is 1. The van der Waals surface area contributed by atoms with Gasteiger partial charge in [-0.15, -0.1) is 0 Å². The molecule has 2 heteroatoms. The Balaban J connectivity index is 2.22. The Bertz CT molecular complexity index is 127. The largest absolute Gasteiger partial charge is 0.395 e. The van der Waals surface area contributed by atoms with Crippen LogP contribution in [0.5, 0.6) is 0 Å². The highest BCUT2D eigenvalue weighted by Crippen LogP contribution is 2.23. The van der Waals surface area contributed by atoms with E-state index in [0.29, 0.717) is 6.04 Å². The highest BCUT2D eigenvalue weighted by molar-refractivity contribution is 4.77. The van der Waals surface area contributed by atoms with E-state index in [2.05, 4.69) is 12.2 Å². The Kier molecular flexibility index (Phi) is 4.02. The summed E-state index contributed by atoms with van der Waals surface area (Å²) in [5.41, 5.74) is 0. The number of rotatable bonds is 3. The molecule has 0 amide bonds. The Morgan fingerprint density at radius 1 is 1.50 bits per heavy atom. The molecule has 0 radical (unpaired) electrons. The van der Waals surface area contributed by atoms with E-state index in [1.165, 1.54) is 25.7 Å². The van der Waals surface area contributed by atoms with Crippen LogP contribution in [0, 0.1) is 5.92 Å². The van der Waals surface area contributed by atoms with Crippen molar-refractivity contribution >= 4 is 0 Å². The molecule has 1 aliphatic carbocycles. The summed E-state index contributed by atoms with van der Waals surface area (Å²) in [4.78, 5) is 0. The predicted molar refractivity (Wildman–Crippen MR) is 51.1 cm³/mol. The smallest absolute Gasteiger partial charge is 0.0582 e. The minimum atomic E-state index is 0.255. The Labute approximate surface area is 75.4 Å². The van der Waals surface area contributed by atoms with E-state index in [0.717, 1.165) is 5.92 Å². The summed E-state index contributed by atoms with van der Waals surface area (Å²) >= 11 is 0. The van der Waals surface area contributed by atoms with Gasteiger partial charge in [0.2, 0.25) is 0 Å². The first kappa shape index (κ1) is 10.0. The third-order valence-electron chi connectivity index (χ3n) is 2.73. The summed E-state index contributed by atoms with van der Waals surface area (Å²) in [6.07, 6.45) is 5.29. The van der Waals surface area contributed by atoms with Gasteiger partial charge in [-0.25, -0.2) is 0 Å². The van der Waals surface area contributed by atoms with E-state index < -0.39 is 0 Å². The summed E-state index contributed by atoms with van der Waals surface area (Å²) in [7, 11) is 0. The summed E-state index contributed by atoms with van der Waals surface area (Å²) < 4.78 is 0. The van der Waals surface area contributed by atoms with Gasteiger partial charge >= 0.3 is 0 Å². The third-order valence-corrected chi connectivity index (χ3v) is 2.73. The van der Waals surface area contributed by atoms with Gasteiger partial charge in [0.05, 0.1) is 6.61 Å². The van der Waals surface area contributed by atoms with Gasteiger partial charge in [0.25, 0.3) is 0 Å². The van der Waals surface area contributed by atoms with Crippen LogP contribution in [0.2, 0.25) is 0 Å². The van der Waals surface area contributed by atoms with Crippen LogP contribution in [0.3, 0.4) is 0 Å². The van der Waals surface area contributed by atoms with Crippen molar-refractivity contribution in [3.63, 3.8) is 0 Å². The molecule has 0 heterocycles. The second kappa shape index (κ2) is 4.83. The fourth-order valence-corrected chi connectivity index (χ4v) is 2.04. The zero-order chi connectivity index (χ0) is 8.97. The SMILES string of the molecule is CC1CCCC(N[C@@H](C)CO)C1. The normalized spacial score (nSPS) is 33.2. The summed E-state index contributed by atoms with van der Waals surface area (Å²) in [5, 5.41) is 12.3. The summed E-state index contributed by atoms with van der Waals surface area (Å²) in [6.45, 7) is 4.61. The van der Waals surface area contributed by atoms with Crippen LogP contribution in [0.1, 0.15) is 39.5 Å².